The predicted molar refractivity (Wildman–Crippen MR) is 75.1 cm³/mol. The first kappa shape index (κ1) is 12.5. The molecule has 0 bridgehead atoms. The zero-order valence-electron chi connectivity index (χ0n) is 10.2. The van der Waals surface area contributed by atoms with E-state index in [1.807, 2.05) is 31.3 Å². The van der Waals surface area contributed by atoms with Crippen LogP contribution in [0.1, 0.15) is 0 Å². The summed E-state index contributed by atoms with van der Waals surface area (Å²) in [6.07, 6.45) is 0. The molecule has 0 spiro atoms. The smallest absolute Gasteiger partial charge is 0.142 e. The van der Waals surface area contributed by atoms with Crippen LogP contribution in [0.15, 0.2) is 36.4 Å². The molecule has 0 atom stereocenters. The van der Waals surface area contributed by atoms with Crippen LogP contribution >= 0.6 is 11.6 Å². The van der Waals surface area contributed by atoms with Gasteiger partial charge in [-0.1, -0.05) is 17.7 Å². The molecule has 94 valence electrons. The Morgan fingerprint density at radius 3 is 2.67 bits per heavy atom. The van der Waals surface area contributed by atoms with Crippen LogP contribution < -0.4 is 15.4 Å². The standard InChI is InChI=1S/C13H14ClN3O/c1-15-12-4-3-5-13(17-12)16-10-8-9(14)6-7-11(10)18-2/h3-8H,1-2H3,(H2,15,16,17). The van der Waals surface area contributed by atoms with Crippen molar-refractivity contribution < 1.29 is 4.74 Å². The van der Waals surface area contributed by atoms with Crippen molar-refractivity contribution >= 4 is 28.9 Å². The lowest BCUT2D eigenvalue weighted by molar-refractivity contribution is 0.417. The van der Waals surface area contributed by atoms with Gasteiger partial charge in [-0.3, -0.25) is 0 Å². The third kappa shape index (κ3) is 2.84. The van der Waals surface area contributed by atoms with Crippen LogP contribution in [0.2, 0.25) is 5.02 Å². The Labute approximate surface area is 111 Å². The number of ether oxygens (including phenoxy) is 1. The van der Waals surface area contributed by atoms with Gasteiger partial charge in [-0.05, 0) is 30.3 Å². The van der Waals surface area contributed by atoms with E-state index in [1.54, 1.807) is 19.2 Å². The molecule has 18 heavy (non-hydrogen) atoms. The van der Waals surface area contributed by atoms with Gasteiger partial charge in [0.05, 0.1) is 12.8 Å². The number of hydrogen-bond acceptors (Lipinski definition) is 4. The van der Waals surface area contributed by atoms with Crippen LogP contribution in [0, 0.1) is 0 Å². The van der Waals surface area contributed by atoms with Gasteiger partial charge in [-0.25, -0.2) is 4.98 Å². The second-order valence-corrected chi connectivity index (χ2v) is 4.06. The first-order chi connectivity index (χ1) is 8.72. The number of halogens is 1. The van der Waals surface area contributed by atoms with E-state index in [9.17, 15) is 0 Å². The van der Waals surface area contributed by atoms with Crippen molar-refractivity contribution in [2.45, 2.75) is 0 Å². The molecular weight excluding hydrogens is 250 g/mol. The van der Waals surface area contributed by atoms with E-state index in [0.717, 1.165) is 23.1 Å². The molecule has 2 rings (SSSR count). The predicted octanol–water partition coefficient (Wildman–Crippen LogP) is 3.53. The molecule has 4 nitrogen and oxygen atoms in total. The molecule has 2 N–H and O–H groups in total. The van der Waals surface area contributed by atoms with Gasteiger partial charge >= 0.3 is 0 Å². The highest BCUT2D eigenvalue weighted by molar-refractivity contribution is 6.31. The number of benzene rings is 1. The lowest BCUT2D eigenvalue weighted by Gasteiger charge is -2.11. The SMILES string of the molecule is CNc1cccc(Nc2cc(Cl)ccc2OC)n1. The van der Waals surface area contributed by atoms with Gasteiger partial charge in [0.25, 0.3) is 0 Å². The molecule has 0 aliphatic heterocycles. The van der Waals surface area contributed by atoms with E-state index in [2.05, 4.69) is 15.6 Å². The molecule has 2 aromatic rings. The third-order valence-corrected chi connectivity index (χ3v) is 2.66. The Balaban J connectivity index is 2.29. The number of nitrogens with zero attached hydrogens (tertiary/aromatic N) is 1. The van der Waals surface area contributed by atoms with Crippen LogP contribution in [0.4, 0.5) is 17.3 Å². The number of aromatic nitrogens is 1. The van der Waals surface area contributed by atoms with Gasteiger partial charge in [0, 0.05) is 12.1 Å². The minimum atomic E-state index is 0.642. The van der Waals surface area contributed by atoms with Gasteiger partial charge in [-0.15, -0.1) is 0 Å². The monoisotopic (exact) mass is 263 g/mol. The number of nitrogens with one attached hydrogen (secondary N) is 2. The molecule has 0 fully saturated rings. The molecule has 0 radical (unpaired) electrons. The zero-order chi connectivity index (χ0) is 13.0. The summed E-state index contributed by atoms with van der Waals surface area (Å²) in [5.41, 5.74) is 0.783. The lowest BCUT2D eigenvalue weighted by atomic mass is 10.3. The Bertz CT molecular complexity index is 546. The van der Waals surface area contributed by atoms with Crippen molar-refractivity contribution in [3.05, 3.63) is 41.4 Å². The van der Waals surface area contributed by atoms with E-state index < -0.39 is 0 Å². The second kappa shape index (κ2) is 5.60. The molecule has 1 aromatic carbocycles. The molecule has 1 heterocycles. The topological polar surface area (TPSA) is 46.2 Å². The fourth-order valence-electron chi connectivity index (χ4n) is 1.56. The van der Waals surface area contributed by atoms with Crippen molar-refractivity contribution in [2.24, 2.45) is 0 Å². The zero-order valence-corrected chi connectivity index (χ0v) is 11.0. The summed E-state index contributed by atoms with van der Waals surface area (Å²) < 4.78 is 5.26. The maximum absolute atomic E-state index is 5.97. The second-order valence-electron chi connectivity index (χ2n) is 3.63. The van der Waals surface area contributed by atoms with Crippen LogP contribution in [0.5, 0.6) is 5.75 Å². The molecule has 1 aromatic heterocycles. The van der Waals surface area contributed by atoms with Crippen LogP contribution in [0.3, 0.4) is 0 Å². The number of pyridine rings is 1. The van der Waals surface area contributed by atoms with E-state index in [0.29, 0.717) is 5.02 Å². The average Bonchev–Trinajstić information content (AvgIpc) is 2.39. The van der Waals surface area contributed by atoms with Gasteiger partial charge in [0.1, 0.15) is 17.4 Å². The molecule has 0 amide bonds. The quantitative estimate of drug-likeness (QED) is 0.886. The lowest BCUT2D eigenvalue weighted by Crippen LogP contribution is -1.99. The number of rotatable bonds is 4. The highest BCUT2D eigenvalue weighted by atomic mass is 35.5. The molecule has 0 saturated heterocycles. The number of methoxy groups -OCH3 is 1. The summed E-state index contributed by atoms with van der Waals surface area (Å²) in [5.74, 6) is 2.24. The van der Waals surface area contributed by atoms with Crippen LogP contribution in [0.25, 0.3) is 0 Å². The summed E-state index contributed by atoms with van der Waals surface area (Å²) in [6.45, 7) is 0. The molecule has 0 saturated carbocycles. The first-order valence-corrected chi connectivity index (χ1v) is 5.86. The number of hydrogen-bond donors (Lipinski definition) is 2. The molecule has 0 aliphatic rings. The van der Waals surface area contributed by atoms with Crippen LogP contribution in [-0.2, 0) is 0 Å². The van der Waals surface area contributed by atoms with E-state index >= 15 is 0 Å². The molecule has 0 unspecified atom stereocenters. The van der Waals surface area contributed by atoms with Crippen molar-refractivity contribution in [3.8, 4) is 5.75 Å². The largest absolute Gasteiger partial charge is 0.495 e. The fourth-order valence-corrected chi connectivity index (χ4v) is 1.73. The Morgan fingerprint density at radius 1 is 1.17 bits per heavy atom. The first-order valence-electron chi connectivity index (χ1n) is 5.48. The average molecular weight is 264 g/mol. The van der Waals surface area contributed by atoms with Crippen molar-refractivity contribution in [2.75, 3.05) is 24.8 Å². The van der Waals surface area contributed by atoms with Gasteiger partial charge in [0.15, 0.2) is 0 Å². The maximum Gasteiger partial charge on any atom is 0.142 e. The van der Waals surface area contributed by atoms with Gasteiger partial charge in [0.2, 0.25) is 0 Å². The highest BCUT2D eigenvalue weighted by Gasteiger charge is 2.05. The minimum absolute atomic E-state index is 0.642. The van der Waals surface area contributed by atoms with Crippen molar-refractivity contribution in [1.82, 2.24) is 4.98 Å². The Kier molecular flexibility index (Phi) is 3.89. The summed E-state index contributed by atoms with van der Waals surface area (Å²) >= 11 is 5.97. The molecule has 0 aliphatic carbocycles. The Hall–Kier alpha value is -1.94. The van der Waals surface area contributed by atoms with E-state index in [1.165, 1.54) is 0 Å². The number of anilines is 3. The van der Waals surface area contributed by atoms with Gasteiger partial charge < -0.3 is 15.4 Å². The summed E-state index contributed by atoms with van der Waals surface area (Å²) in [5, 5.41) is 6.80. The summed E-state index contributed by atoms with van der Waals surface area (Å²) in [6, 6.07) is 11.1. The molecular formula is C13H14ClN3O. The van der Waals surface area contributed by atoms with Crippen molar-refractivity contribution in [3.63, 3.8) is 0 Å². The summed E-state index contributed by atoms with van der Waals surface area (Å²) in [7, 11) is 3.44. The van der Waals surface area contributed by atoms with E-state index in [4.69, 9.17) is 16.3 Å². The normalized spacial score (nSPS) is 9.94. The van der Waals surface area contributed by atoms with Crippen LogP contribution in [-0.4, -0.2) is 19.1 Å². The Morgan fingerprint density at radius 2 is 1.94 bits per heavy atom. The highest BCUT2D eigenvalue weighted by Crippen LogP contribution is 2.30. The summed E-state index contributed by atoms with van der Waals surface area (Å²) in [4.78, 5) is 4.37. The van der Waals surface area contributed by atoms with Gasteiger partial charge in [-0.2, -0.15) is 0 Å². The maximum atomic E-state index is 5.97. The molecule has 5 heteroatoms. The fraction of sp³-hybridized carbons (Fsp3) is 0.154. The third-order valence-electron chi connectivity index (χ3n) is 2.43. The van der Waals surface area contributed by atoms with Crippen molar-refractivity contribution in [1.29, 1.82) is 0 Å². The van der Waals surface area contributed by atoms with E-state index in [-0.39, 0.29) is 0 Å². The minimum Gasteiger partial charge on any atom is -0.495 e.